The molecule has 0 radical (unpaired) electrons. The van der Waals surface area contributed by atoms with Gasteiger partial charge in [0, 0.05) is 30.3 Å². The van der Waals surface area contributed by atoms with Crippen molar-refractivity contribution in [3.63, 3.8) is 0 Å². The van der Waals surface area contributed by atoms with E-state index in [1.165, 1.54) is 4.90 Å². The van der Waals surface area contributed by atoms with E-state index in [2.05, 4.69) is 4.90 Å². The van der Waals surface area contributed by atoms with E-state index in [0.717, 1.165) is 50.4 Å². The van der Waals surface area contributed by atoms with Gasteiger partial charge < -0.3 is 14.2 Å². The van der Waals surface area contributed by atoms with Gasteiger partial charge >= 0.3 is 17.8 Å². The van der Waals surface area contributed by atoms with Gasteiger partial charge in [-0.2, -0.15) is 0 Å². The number of hydrogen-bond acceptors (Lipinski definition) is 7. The Hall–Kier alpha value is -3.36. The normalized spacial score (nSPS) is 19.9. The molecule has 0 unspecified atom stereocenters. The number of carbonyl (C=O) groups excluding carboxylic acids is 3. The predicted molar refractivity (Wildman–Crippen MR) is 127 cm³/mol. The molecule has 182 valence electrons. The zero-order valence-electron chi connectivity index (χ0n) is 19.0. The lowest BCUT2D eigenvalue weighted by atomic mass is 9.96. The zero-order valence-corrected chi connectivity index (χ0v) is 19.8. The number of ether oxygens (including phenoxy) is 3. The highest BCUT2D eigenvalue weighted by atomic mass is 35.5. The van der Waals surface area contributed by atoms with Gasteiger partial charge in [0.1, 0.15) is 12.4 Å². The van der Waals surface area contributed by atoms with Crippen LogP contribution in [0.4, 0.5) is 0 Å². The lowest BCUT2D eigenvalue weighted by Gasteiger charge is -2.39. The molecule has 3 aliphatic rings. The van der Waals surface area contributed by atoms with Crippen molar-refractivity contribution in [1.82, 2.24) is 9.80 Å². The molecule has 0 saturated carbocycles. The van der Waals surface area contributed by atoms with Crippen LogP contribution < -0.4 is 4.74 Å². The van der Waals surface area contributed by atoms with Gasteiger partial charge in [-0.1, -0.05) is 23.7 Å². The maximum atomic E-state index is 13.3. The number of halogens is 1. The summed E-state index contributed by atoms with van der Waals surface area (Å²) in [7, 11) is 0. The van der Waals surface area contributed by atoms with Crippen LogP contribution in [0.25, 0.3) is 0 Å². The van der Waals surface area contributed by atoms with Gasteiger partial charge in [-0.25, -0.2) is 9.59 Å². The van der Waals surface area contributed by atoms with Crippen molar-refractivity contribution in [2.75, 3.05) is 32.8 Å². The minimum Gasteiger partial charge on any atom is -0.492 e. The number of hydrogen-bond donors (Lipinski definition) is 0. The number of fused-ring (bicyclic) bond motifs is 2. The maximum Gasteiger partial charge on any atom is 0.375 e. The summed E-state index contributed by atoms with van der Waals surface area (Å²) in [6.07, 6.45) is 3.73. The highest BCUT2D eigenvalue weighted by molar-refractivity contribution is 6.30. The first-order chi connectivity index (χ1) is 16.9. The van der Waals surface area contributed by atoms with Crippen LogP contribution in [0.1, 0.15) is 28.8 Å². The Morgan fingerprint density at radius 3 is 2.29 bits per heavy atom. The van der Waals surface area contributed by atoms with Crippen molar-refractivity contribution >= 4 is 29.4 Å². The SMILES string of the molecule is O=C1C=CC(=O)OC2(O1)c1ccccc1C(=O)N2CC1CCN(CCOc2ccc(Cl)cc2)CC1. The third kappa shape index (κ3) is 4.76. The summed E-state index contributed by atoms with van der Waals surface area (Å²) in [6, 6.07) is 14.1. The second-order valence-electron chi connectivity index (χ2n) is 8.81. The Morgan fingerprint density at radius 1 is 0.943 bits per heavy atom. The molecule has 1 fully saturated rings. The molecule has 2 aromatic carbocycles. The minimum absolute atomic E-state index is 0.159. The van der Waals surface area contributed by atoms with Gasteiger partial charge in [-0.05, 0) is 68.2 Å². The summed E-state index contributed by atoms with van der Waals surface area (Å²) in [6.45, 7) is 3.35. The molecule has 8 nitrogen and oxygen atoms in total. The third-order valence-electron chi connectivity index (χ3n) is 6.57. The lowest BCUT2D eigenvalue weighted by molar-refractivity contribution is -0.275. The molecule has 1 spiro atoms. The molecule has 0 N–H and O–H groups in total. The zero-order chi connectivity index (χ0) is 24.4. The van der Waals surface area contributed by atoms with Crippen molar-refractivity contribution in [2.45, 2.75) is 18.8 Å². The first-order valence-electron chi connectivity index (χ1n) is 11.6. The Labute approximate surface area is 208 Å². The fraction of sp³-hybridized carbons (Fsp3) is 0.346. The maximum absolute atomic E-state index is 13.3. The summed E-state index contributed by atoms with van der Waals surface area (Å²) < 4.78 is 17.0. The van der Waals surface area contributed by atoms with Crippen LogP contribution in [0.15, 0.2) is 60.7 Å². The van der Waals surface area contributed by atoms with Crippen molar-refractivity contribution in [2.24, 2.45) is 5.92 Å². The van der Waals surface area contributed by atoms with Gasteiger partial charge in [0.25, 0.3) is 5.91 Å². The van der Waals surface area contributed by atoms with Gasteiger partial charge in [0.05, 0.1) is 11.1 Å². The summed E-state index contributed by atoms with van der Waals surface area (Å²) in [5, 5.41) is 0.672. The second kappa shape index (κ2) is 9.71. The lowest BCUT2D eigenvalue weighted by Crippen LogP contribution is -2.52. The smallest absolute Gasteiger partial charge is 0.375 e. The van der Waals surface area contributed by atoms with E-state index >= 15 is 0 Å². The Bertz CT molecular complexity index is 1140. The monoisotopic (exact) mass is 496 g/mol. The largest absolute Gasteiger partial charge is 0.492 e. The average Bonchev–Trinajstić information content (AvgIpc) is 2.97. The average molecular weight is 497 g/mol. The van der Waals surface area contributed by atoms with E-state index in [9.17, 15) is 14.4 Å². The second-order valence-corrected chi connectivity index (χ2v) is 9.24. The van der Waals surface area contributed by atoms with Crippen molar-refractivity contribution in [3.05, 3.63) is 76.8 Å². The van der Waals surface area contributed by atoms with Gasteiger partial charge in [-0.3, -0.25) is 14.6 Å². The first-order valence-corrected chi connectivity index (χ1v) is 12.0. The summed E-state index contributed by atoms with van der Waals surface area (Å²) >= 11 is 5.91. The van der Waals surface area contributed by atoms with Crippen molar-refractivity contribution in [1.29, 1.82) is 0 Å². The number of amides is 1. The number of rotatable bonds is 6. The molecular weight excluding hydrogens is 472 g/mol. The molecule has 35 heavy (non-hydrogen) atoms. The van der Waals surface area contributed by atoms with Crippen LogP contribution in [0.3, 0.4) is 0 Å². The van der Waals surface area contributed by atoms with Crippen LogP contribution in [0.5, 0.6) is 5.75 Å². The van der Waals surface area contributed by atoms with Crippen LogP contribution in [0.2, 0.25) is 5.02 Å². The predicted octanol–water partition coefficient (Wildman–Crippen LogP) is 3.35. The van der Waals surface area contributed by atoms with Crippen LogP contribution >= 0.6 is 11.6 Å². The highest BCUT2D eigenvalue weighted by Gasteiger charge is 2.57. The molecular formula is C26H25ClN2O6. The molecule has 1 saturated heterocycles. The van der Waals surface area contributed by atoms with E-state index in [1.54, 1.807) is 36.4 Å². The van der Waals surface area contributed by atoms with Crippen LogP contribution in [-0.2, 0) is 25.0 Å². The molecule has 0 aromatic heterocycles. The highest BCUT2D eigenvalue weighted by Crippen LogP contribution is 2.43. The van der Waals surface area contributed by atoms with Crippen LogP contribution in [-0.4, -0.2) is 60.4 Å². The quantitative estimate of drug-likeness (QED) is 0.567. The van der Waals surface area contributed by atoms with E-state index < -0.39 is 17.8 Å². The number of carbonyl (C=O) groups is 3. The van der Waals surface area contributed by atoms with E-state index in [-0.39, 0.29) is 11.8 Å². The fourth-order valence-electron chi connectivity index (χ4n) is 4.76. The summed E-state index contributed by atoms with van der Waals surface area (Å²) in [5.74, 6) is -2.73. The number of benzene rings is 2. The van der Waals surface area contributed by atoms with Crippen LogP contribution in [0, 0.1) is 5.92 Å². The topological polar surface area (TPSA) is 85.4 Å². The molecule has 0 bridgehead atoms. The van der Waals surface area contributed by atoms with Crippen molar-refractivity contribution in [3.8, 4) is 5.75 Å². The van der Waals surface area contributed by atoms with E-state index in [0.29, 0.717) is 29.3 Å². The molecule has 3 aliphatic heterocycles. The summed E-state index contributed by atoms with van der Waals surface area (Å²) in [5.41, 5.74) is 0.735. The molecule has 0 atom stereocenters. The van der Waals surface area contributed by atoms with Crippen molar-refractivity contribution < 1.29 is 28.6 Å². The molecule has 3 heterocycles. The molecule has 5 rings (SSSR count). The Morgan fingerprint density at radius 2 is 1.60 bits per heavy atom. The van der Waals surface area contributed by atoms with Gasteiger partial charge in [0.15, 0.2) is 0 Å². The molecule has 9 heteroatoms. The number of piperidine rings is 1. The third-order valence-corrected chi connectivity index (χ3v) is 6.82. The van der Waals surface area contributed by atoms with E-state index in [4.69, 9.17) is 25.8 Å². The molecule has 1 amide bonds. The fourth-order valence-corrected chi connectivity index (χ4v) is 4.89. The van der Waals surface area contributed by atoms with Gasteiger partial charge in [0.2, 0.25) is 0 Å². The minimum atomic E-state index is -1.88. The number of esters is 2. The Balaban J connectivity index is 1.22. The number of nitrogens with zero attached hydrogens (tertiary/aromatic N) is 2. The van der Waals surface area contributed by atoms with E-state index in [1.807, 2.05) is 12.1 Å². The van der Waals surface area contributed by atoms with Gasteiger partial charge in [-0.15, -0.1) is 0 Å². The first kappa shape index (κ1) is 23.4. The Kier molecular flexibility index (Phi) is 6.49. The standard InChI is InChI=1S/C26H25ClN2O6/c27-19-5-7-20(8-6-19)33-16-15-28-13-11-18(12-14-28)17-29-25(32)21-3-1-2-4-22(21)26(29)34-23(30)9-10-24(31)35-26/h1-10,18H,11-17H2. The molecule has 2 aromatic rings. The summed E-state index contributed by atoms with van der Waals surface area (Å²) in [4.78, 5) is 41.6. The molecule has 0 aliphatic carbocycles. The number of likely N-dealkylation sites (tertiary alicyclic amines) is 1.